The van der Waals surface area contributed by atoms with E-state index in [4.69, 9.17) is 8.83 Å². The van der Waals surface area contributed by atoms with Gasteiger partial charge in [-0.05, 0) is 79.5 Å². The average Bonchev–Trinajstić information content (AvgIpc) is 3.66. The smallest absolute Gasteiger partial charge is 0.147 e. The lowest BCUT2D eigenvalue weighted by Crippen LogP contribution is -1.90. The van der Waals surface area contributed by atoms with Crippen LogP contribution in [0.15, 0.2) is 154 Å². The Labute approximate surface area is 252 Å². The van der Waals surface area contributed by atoms with Crippen LogP contribution in [0.25, 0.3) is 98.4 Å². The summed E-state index contributed by atoms with van der Waals surface area (Å²) in [6, 6.07) is 51.9. The van der Waals surface area contributed by atoms with Crippen LogP contribution < -0.4 is 0 Å². The van der Waals surface area contributed by atoms with E-state index in [0.29, 0.717) is 0 Å². The van der Waals surface area contributed by atoms with Crippen molar-refractivity contribution in [3.63, 3.8) is 0 Å². The first-order valence-electron chi connectivity index (χ1n) is 15.0. The number of hydrogen-bond acceptors (Lipinski definition) is 2. The highest BCUT2D eigenvalue weighted by Crippen LogP contribution is 2.46. The number of furan rings is 2. The molecule has 10 rings (SSSR count). The van der Waals surface area contributed by atoms with Gasteiger partial charge in [-0.1, -0.05) is 115 Å². The average molecular weight is 561 g/mol. The first kappa shape index (κ1) is 23.7. The maximum absolute atomic E-state index is 6.63. The fraction of sp³-hybridized carbons (Fsp3) is 0. The zero-order valence-corrected chi connectivity index (χ0v) is 23.7. The van der Waals surface area contributed by atoms with Crippen LogP contribution in [0.4, 0.5) is 0 Å². The first-order chi connectivity index (χ1) is 21.8. The third kappa shape index (κ3) is 3.20. The summed E-state index contributed by atoms with van der Waals surface area (Å²) in [4.78, 5) is 0. The molecule has 10 aromatic rings. The van der Waals surface area contributed by atoms with E-state index < -0.39 is 0 Å². The quantitative estimate of drug-likeness (QED) is 0.197. The number of hydrogen-bond donors (Lipinski definition) is 0. The van der Waals surface area contributed by atoms with Gasteiger partial charge in [0.1, 0.15) is 22.3 Å². The predicted molar refractivity (Wildman–Crippen MR) is 184 cm³/mol. The van der Waals surface area contributed by atoms with Crippen molar-refractivity contribution < 1.29 is 8.83 Å². The molecule has 0 bridgehead atoms. The Hall–Kier alpha value is -5.86. The minimum absolute atomic E-state index is 0.844. The van der Waals surface area contributed by atoms with Crippen LogP contribution >= 0.6 is 0 Å². The topological polar surface area (TPSA) is 26.3 Å². The highest BCUT2D eigenvalue weighted by molar-refractivity contribution is 6.26. The van der Waals surface area contributed by atoms with Gasteiger partial charge in [0.25, 0.3) is 0 Å². The third-order valence-corrected chi connectivity index (χ3v) is 9.24. The van der Waals surface area contributed by atoms with Crippen LogP contribution in [0.5, 0.6) is 0 Å². The van der Waals surface area contributed by atoms with Crippen LogP contribution in [0.3, 0.4) is 0 Å². The van der Waals surface area contributed by atoms with Gasteiger partial charge >= 0.3 is 0 Å². The third-order valence-electron chi connectivity index (χ3n) is 9.24. The van der Waals surface area contributed by atoms with E-state index in [1.165, 1.54) is 49.2 Å². The number of benzene rings is 8. The molecular formula is C42H24O2. The molecule has 8 aromatic carbocycles. The van der Waals surface area contributed by atoms with Gasteiger partial charge in [0.2, 0.25) is 0 Å². The summed E-state index contributed by atoms with van der Waals surface area (Å²) < 4.78 is 13.1. The molecule has 0 amide bonds. The SMILES string of the molecule is c1ccc(-c2c3ccccc3c(-c3ccc4oc5c(ccc6oc7c8ccccc8ccc7c65)c4c3)c3ccccc23)cc1. The second kappa shape index (κ2) is 8.82. The molecule has 0 spiro atoms. The Morgan fingerprint density at radius 3 is 1.61 bits per heavy atom. The highest BCUT2D eigenvalue weighted by Gasteiger charge is 2.20. The minimum atomic E-state index is 0.844. The largest absolute Gasteiger partial charge is 0.455 e. The summed E-state index contributed by atoms with van der Waals surface area (Å²) >= 11 is 0. The van der Waals surface area contributed by atoms with Crippen LogP contribution in [0, 0.1) is 0 Å². The van der Waals surface area contributed by atoms with Crippen molar-refractivity contribution in [1.82, 2.24) is 0 Å². The van der Waals surface area contributed by atoms with E-state index in [9.17, 15) is 0 Å². The molecule has 2 heterocycles. The van der Waals surface area contributed by atoms with Gasteiger partial charge in [0.15, 0.2) is 0 Å². The van der Waals surface area contributed by atoms with Gasteiger partial charge in [-0.25, -0.2) is 0 Å². The Bertz CT molecular complexity index is 2700. The van der Waals surface area contributed by atoms with E-state index in [1.807, 2.05) is 0 Å². The van der Waals surface area contributed by atoms with E-state index in [-0.39, 0.29) is 0 Å². The molecule has 0 radical (unpaired) electrons. The molecule has 0 fully saturated rings. The molecule has 0 unspecified atom stereocenters. The van der Waals surface area contributed by atoms with Crippen molar-refractivity contribution in [1.29, 1.82) is 0 Å². The Morgan fingerprint density at radius 1 is 0.318 bits per heavy atom. The van der Waals surface area contributed by atoms with Gasteiger partial charge in [-0.3, -0.25) is 0 Å². The fourth-order valence-corrected chi connectivity index (χ4v) is 7.33. The molecule has 0 aliphatic carbocycles. The van der Waals surface area contributed by atoms with Gasteiger partial charge in [-0.15, -0.1) is 0 Å². The lowest BCUT2D eigenvalue weighted by molar-refractivity contribution is 0.665. The van der Waals surface area contributed by atoms with Crippen molar-refractivity contribution in [2.75, 3.05) is 0 Å². The van der Waals surface area contributed by atoms with Crippen molar-refractivity contribution in [2.45, 2.75) is 0 Å². The lowest BCUT2D eigenvalue weighted by atomic mass is 9.86. The van der Waals surface area contributed by atoms with Crippen molar-refractivity contribution >= 4 is 76.2 Å². The molecule has 0 N–H and O–H groups in total. The van der Waals surface area contributed by atoms with Crippen molar-refractivity contribution in [3.8, 4) is 22.3 Å². The van der Waals surface area contributed by atoms with E-state index in [1.54, 1.807) is 0 Å². The molecule has 2 nitrogen and oxygen atoms in total. The van der Waals surface area contributed by atoms with Crippen molar-refractivity contribution in [3.05, 3.63) is 146 Å². The summed E-state index contributed by atoms with van der Waals surface area (Å²) in [6.45, 7) is 0. The van der Waals surface area contributed by atoms with E-state index in [0.717, 1.165) is 49.3 Å². The summed E-state index contributed by atoms with van der Waals surface area (Å²) in [5.41, 5.74) is 8.42. The fourth-order valence-electron chi connectivity index (χ4n) is 7.33. The molecule has 0 aliphatic rings. The maximum atomic E-state index is 6.63. The van der Waals surface area contributed by atoms with Gasteiger partial charge < -0.3 is 8.83 Å². The van der Waals surface area contributed by atoms with Gasteiger partial charge in [-0.2, -0.15) is 0 Å². The van der Waals surface area contributed by atoms with E-state index >= 15 is 0 Å². The van der Waals surface area contributed by atoms with Crippen LogP contribution in [0.1, 0.15) is 0 Å². The Morgan fingerprint density at radius 2 is 0.886 bits per heavy atom. The standard InChI is InChI=1S/C42H24O2/c1-2-11-26(12-3-1)38-29-14-6-8-16-31(29)39(32-17-9-7-15-30(32)38)27-19-22-36-35(24-27)33-21-23-37-40(42(33)43-36)34-20-18-25-10-4-5-13-28(25)41(34)44-37/h1-24H. The lowest BCUT2D eigenvalue weighted by Gasteiger charge is -2.17. The number of fused-ring (bicyclic) bond motifs is 11. The van der Waals surface area contributed by atoms with E-state index in [2.05, 4.69) is 146 Å². The highest BCUT2D eigenvalue weighted by atomic mass is 16.3. The summed E-state index contributed by atoms with van der Waals surface area (Å²) in [5.74, 6) is 0. The minimum Gasteiger partial charge on any atom is -0.455 e. The van der Waals surface area contributed by atoms with Gasteiger partial charge in [0, 0.05) is 21.5 Å². The van der Waals surface area contributed by atoms with Crippen LogP contribution in [-0.4, -0.2) is 0 Å². The molecule has 0 aliphatic heterocycles. The molecule has 204 valence electrons. The normalized spacial score (nSPS) is 12.1. The Kier molecular flexibility index (Phi) is 4.75. The predicted octanol–water partition coefficient (Wildman–Crippen LogP) is 12.3. The summed E-state index contributed by atoms with van der Waals surface area (Å²) in [6.07, 6.45) is 0. The van der Waals surface area contributed by atoms with Gasteiger partial charge in [0.05, 0.1) is 5.39 Å². The molecule has 0 atom stereocenters. The molecule has 2 aromatic heterocycles. The molecular weight excluding hydrogens is 536 g/mol. The zero-order valence-electron chi connectivity index (χ0n) is 23.7. The first-order valence-corrected chi connectivity index (χ1v) is 15.0. The molecule has 0 saturated carbocycles. The maximum Gasteiger partial charge on any atom is 0.147 e. The monoisotopic (exact) mass is 560 g/mol. The molecule has 0 saturated heterocycles. The van der Waals surface area contributed by atoms with Crippen molar-refractivity contribution in [2.24, 2.45) is 0 Å². The summed E-state index contributed by atoms with van der Waals surface area (Å²) in [5, 5.41) is 11.6. The zero-order chi connectivity index (χ0) is 28.8. The molecule has 2 heteroatoms. The summed E-state index contributed by atoms with van der Waals surface area (Å²) in [7, 11) is 0. The Balaban J connectivity index is 1.28. The second-order valence-corrected chi connectivity index (χ2v) is 11.6. The van der Waals surface area contributed by atoms with Crippen LogP contribution in [0.2, 0.25) is 0 Å². The number of rotatable bonds is 2. The van der Waals surface area contributed by atoms with Crippen LogP contribution in [-0.2, 0) is 0 Å². The molecule has 44 heavy (non-hydrogen) atoms. The second-order valence-electron chi connectivity index (χ2n) is 11.6.